The third kappa shape index (κ3) is 9.09. The van der Waals surface area contributed by atoms with Crippen LogP contribution in [-0.4, -0.2) is 0 Å². The quantitative estimate of drug-likeness (QED) is 0.502. The van der Waals surface area contributed by atoms with Crippen LogP contribution in [0.2, 0.25) is 0 Å². The molecular weight excluding hydrogens is 219 g/mol. The fourth-order valence-electron chi connectivity index (χ4n) is 0. The van der Waals surface area contributed by atoms with E-state index in [4.69, 9.17) is 0 Å². The standard InChI is InChI=1S/Co.Mo.2S/q;+4;2*-2. The van der Waals surface area contributed by atoms with Gasteiger partial charge in [0.05, 0.1) is 0 Å². The zero-order chi connectivity index (χ0) is 0. The predicted octanol–water partition coefficient (Wildman–Crippen LogP) is -0.00980. The summed E-state index contributed by atoms with van der Waals surface area (Å²) < 4.78 is 0. The molecule has 0 rings (SSSR count). The average molecular weight is 219 g/mol. The Bertz CT molecular complexity index is 6.00. The summed E-state index contributed by atoms with van der Waals surface area (Å²) in [5.74, 6) is 0. The SMILES string of the molecule is [Co].[Mo+4].[S-2].[S-2]. The van der Waals surface area contributed by atoms with Crippen LogP contribution in [0.1, 0.15) is 0 Å². The first-order valence-corrected chi connectivity index (χ1v) is 0. The Kier molecular flexibility index (Phi) is 203. The minimum absolute atomic E-state index is 0. The average Bonchev–Trinajstić information content (AvgIpc) is 0. The number of rotatable bonds is 0. The Labute approximate surface area is 64.5 Å². The van der Waals surface area contributed by atoms with Crippen molar-refractivity contribution >= 4 is 27.0 Å². The van der Waals surface area contributed by atoms with Gasteiger partial charge in [-0.15, -0.1) is 0 Å². The Morgan fingerprint density at radius 2 is 0.750 bits per heavy atom. The molecule has 0 atom stereocenters. The monoisotopic (exact) mass is 221 g/mol. The molecule has 0 aromatic carbocycles. The smallest absolute Gasteiger partial charge is 2.00 e. The second kappa shape index (κ2) is 20.7. The molecule has 0 amide bonds. The van der Waals surface area contributed by atoms with Crippen LogP contribution in [0.25, 0.3) is 0 Å². The molecule has 0 fully saturated rings. The van der Waals surface area contributed by atoms with Gasteiger partial charge in [-0.1, -0.05) is 0 Å². The number of hydrogen-bond acceptors (Lipinski definition) is 0. The first-order chi connectivity index (χ1) is 0. The van der Waals surface area contributed by atoms with E-state index in [1.807, 2.05) is 0 Å². The second-order valence-corrected chi connectivity index (χ2v) is 0. The van der Waals surface area contributed by atoms with Crippen molar-refractivity contribution in [2.75, 3.05) is 0 Å². The van der Waals surface area contributed by atoms with Gasteiger partial charge in [0.15, 0.2) is 0 Å². The van der Waals surface area contributed by atoms with Crippen molar-refractivity contribution < 1.29 is 37.8 Å². The topological polar surface area (TPSA) is 0 Å². The van der Waals surface area contributed by atoms with E-state index in [0.29, 0.717) is 0 Å². The van der Waals surface area contributed by atoms with Gasteiger partial charge in [0.1, 0.15) is 0 Å². The summed E-state index contributed by atoms with van der Waals surface area (Å²) in [7, 11) is 0. The molecule has 0 aliphatic heterocycles. The van der Waals surface area contributed by atoms with Crippen molar-refractivity contribution in [3.63, 3.8) is 0 Å². The molecule has 1 radical (unpaired) electrons. The summed E-state index contributed by atoms with van der Waals surface area (Å²) in [5, 5.41) is 0. The van der Waals surface area contributed by atoms with Gasteiger partial charge >= 0.3 is 21.1 Å². The second-order valence-electron chi connectivity index (χ2n) is 0. The fraction of sp³-hybridized carbons (Fsp3) is 0. The van der Waals surface area contributed by atoms with E-state index in [0.717, 1.165) is 0 Å². The minimum Gasteiger partial charge on any atom is -2.00 e. The summed E-state index contributed by atoms with van der Waals surface area (Å²) in [5.41, 5.74) is 0. The van der Waals surface area contributed by atoms with Gasteiger partial charge in [-0.25, -0.2) is 0 Å². The fourth-order valence-corrected chi connectivity index (χ4v) is 0. The van der Waals surface area contributed by atoms with E-state index in [2.05, 4.69) is 0 Å². The minimum atomic E-state index is 0. The third-order valence-corrected chi connectivity index (χ3v) is 0. The molecule has 0 nitrogen and oxygen atoms in total. The summed E-state index contributed by atoms with van der Waals surface area (Å²) in [6.45, 7) is 0. The Hall–Kier alpha value is 1.89. The molecule has 0 aromatic rings. The molecule has 0 saturated carbocycles. The van der Waals surface area contributed by atoms with Gasteiger partial charge in [0.25, 0.3) is 0 Å². The Morgan fingerprint density at radius 1 is 0.750 bits per heavy atom. The molecule has 0 spiro atoms. The van der Waals surface area contributed by atoms with Crippen LogP contribution in [0.4, 0.5) is 0 Å². The van der Waals surface area contributed by atoms with Crippen molar-refractivity contribution in [3.8, 4) is 0 Å². The van der Waals surface area contributed by atoms with Crippen LogP contribution in [0.15, 0.2) is 0 Å². The molecule has 0 aliphatic carbocycles. The van der Waals surface area contributed by atoms with E-state index in [-0.39, 0.29) is 64.8 Å². The Morgan fingerprint density at radius 3 is 0.750 bits per heavy atom. The van der Waals surface area contributed by atoms with Crippen molar-refractivity contribution in [3.05, 3.63) is 0 Å². The van der Waals surface area contributed by atoms with Gasteiger partial charge in [0.2, 0.25) is 0 Å². The maximum atomic E-state index is 0. The summed E-state index contributed by atoms with van der Waals surface area (Å²) >= 11 is 0. The van der Waals surface area contributed by atoms with E-state index < -0.39 is 0 Å². The van der Waals surface area contributed by atoms with Crippen molar-refractivity contribution in [1.29, 1.82) is 0 Å². The third-order valence-electron chi connectivity index (χ3n) is 0. The maximum Gasteiger partial charge on any atom is 4.00 e. The summed E-state index contributed by atoms with van der Waals surface area (Å²) in [6, 6.07) is 0. The van der Waals surface area contributed by atoms with E-state index in [1.165, 1.54) is 0 Å². The zero-order valence-electron chi connectivity index (χ0n) is 1.56. The van der Waals surface area contributed by atoms with Crippen LogP contribution < -0.4 is 0 Å². The van der Waals surface area contributed by atoms with Crippen molar-refractivity contribution in [1.82, 2.24) is 0 Å². The molecule has 27 valence electrons. The molecule has 0 heterocycles. The molecule has 4 heteroatoms. The number of hydrogen-bond donors (Lipinski definition) is 0. The van der Waals surface area contributed by atoms with Gasteiger partial charge in [0, 0.05) is 16.8 Å². The summed E-state index contributed by atoms with van der Waals surface area (Å²) in [4.78, 5) is 0. The largest absolute Gasteiger partial charge is 4.00 e. The first-order valence-electron chi connectivity index (χ1n) is 0. The van der Waals surface area contributed by atoms with Crippen LogP contribution >= 0.6 is 0 Å². The molecule has 4 heavy (non-hydrogen) atoms. The van der Waals surface area contributed by atoms with Gasteiger partial charge in [-0.05, 0) is 0 Å². The van der Waals surface area contributed by atoms with Crippen LogP contribution in [-0.2, 0) is 64.8 Å². The van der Waals surface area contributed by atoms with Crippen LogP contribution in [0.3, 0.4) is 0 Å². The zero-order valence-corrected chi connectivity index (χ0v) is 6.24. The van der Waals surface area contributed by atoms with Crippen molar-refractivity contribution in [2.24, 2.45) is 0 Å². The van der Waals surface area contributed by atoms with Gasteiger partial charge in [-0.2, -0.15) is 0 Å². The maximum absolute atomic E-state index is 0. The normalized spacial score (nSPS) is 0. The van der Waals surface area contributed by atoms with Gasteiger partial charge < -0.3 is 27.0 Å². The first kappa shape index (κ1) is 39.3. The van der Waals surface area contributed by atoms with E-state index >= 15 is 0 Å². The molecular formula is CoMoS2. The molecule has 0 unspecified atom stereocenters. The van der Waals surface area contributed by atoms with Crippen molar-refractivity contribution in [2.45, 2.75) is 0 Å². The van der Waals surface area contributed by atoms with Crippen LogP contribution in [0, 0.1) is 0 Å². The molecule has 0 saturated heterocycles. The van der Waals surface area contributed by atoms with E-state index in [1.54, 1.807) is 0 Å². The molecule has 0 aromatic heterocycles. The summed E-state index contributed by atoms with van der Waals surface area (Å²) in [6.07, 6.45) is 0. The molecule has 0 N–H and O–H groups in total. The predicted molar refractivity (Wildman–Crippen MR) is 14.7 cm³/mol. The van der Waals surface area contributed by atoms with Gasteiger partial charge in [-0.3, -0.25) is 0 Å². The van der Waals surface area contributed by atoms with Crippen LogP contribution in [0.5, 0.6) is 0 Å². The Balaban J connectivity index is 0. The molecule has 0 aliphatic rings. The molecule has 0 bridgehead atoms. The van der Waals surface area contributed by atoms with E-state index in [9.17, 15) is 0 Å².